The Kier molecular flexibility index (Phi) is 2.93. The summed E-state index contributed by atoms with van der Waals surface area (Å²) < 4.78 is 17.6. The fourth-order valence-electron chi connectivity index (χ4n) is 7.05. The summed E-state index contributed by atoms with van der Waals surface area (Å²) >= 11 is 0. The third-order valence-corrected chi connectivity index (χ3v) is 8.11. The number of nitrogens with zero attached hydrogens (tertiary/aromatic N) is 1. The minimum atomic E-state index is -0.961. The van der Waals surface area contributed by atoms with Crippen molar-refractivity contribution in [1.82, 2.24) is 4.90 Å². The van der Waals surface area contributed by atoms with Crippen LogP contribution in [0.5, 0.6) is 0 Å². The summed E-state index contributed by atoms with van der Waals surface area (Å²) in [6.07, 6.45) is 0.971. The molecule has 0 unspecified atom stereocenters. The quantitative estimate of drug-likeness (QED) is 0.577. The van der Waals surface area contributed by atoms with Crippen LogP contribution in [0.3, 0.4) is 0 Å². The number of likely N-dealkylation sites (N-methyl/N-ethyl adjacent to an activating group) is 1. The van der Waals surface area contributed by atoms with Crippen LogP contribution in [-0.4, -0.2) is 61.0 Å². The highest BCUT2D eigenvalue weighted by atomic mass is 16.6. The molecule has 4 fully saturated rings. The van der Waals surface area contributed by atoms with Crippen LogP contribution >= 0.6 is 0 Å². The topological polar surface area (TPSA) is 80.4 Å². The maximum Gasteiger partial charge on any atom is 0.310 e. The lowest BCUT2D eigenvalue weighted by molar-refractivity contribution is -0.189. The number of piperidine rings is 1. The largest absolute Gasteiger partial charge is 0.469 e. The number of anilines is 1. The molecule has 4 heterocycles. The van der Waals surface area contributed by atoms with Crippen molar-refractivity contribution in [3.05, 3.63) is 29.8 Å². The van der Waals surface area contributed by atoms with Crippen LogP contribution in [0.15, 0.2) is 24.3 Å². The number of para-hydroxylation sites is 1. The summed E-state index contributed by atoms with van der Waals surface area (Å²) in [5.74, 6) is -1.08. The van der Waals surface area contributed by atoms with E-state index in [0.717, 1.165) is 17.7 Å². The number of esters is 2. The fraction of sp³-hybridized carbons (Fsp3) is 0.619. The molecule has 148 valence electrons. The lowest BCUT2D eigenvalue weighted by atomic mass is 9.50. The lowest BCUT2D eigenvalue weighted by Gasteiger charge is -2.59. The van der Waals surface area contributed by atoms with Crippen molar-refractivity contribution in [2.45, 2.75) is 48.7 Å². The van der Waals surface area contributed by atoms with Gasteiger partial charge in [-0.3, -0.25) is 14.5 Å². The SMILES string of the molecule is COC(=O)[C@@H]1[C@H]2C[C@H](N(C)C[C@@]23O[C@@H]3C)[C@@]23Nc4ccccc4[C@@]12CC(=O)O3. The number of ether oxygens (including phenoxy) is 3. The summed E-state index contributed by atoms with van der Waals surface area (Å²) in [5.41, 5.74) is -0.214. The molecule has 0 amide bonds. The number of likely N-dealkylation sites (tertiary alicyclic amines) is 1. The van der Waals surface area contributed by atoms with Gasteiger partial charge in [-0.25, -0.2) is 0 Å². The number of epoxide rings is 1. The van der Waals surface area contributed by atoms with E-state index in [1.165, 1.54) is 7.11 Å². The zero-order valence-corrected chi connectivity index (χ0v) is 16.2. The molecular formula is C21H24N2O5. The van der Waals surface area contributed by atoms with Crippen molar-refractivity contribution in [3.8, 4) is 0 Å². The minimum Gasteiger partial charge on any atom is -0.469 e. The molecule has 1 aliphatic carbocycles. The van der Waals surface area contributed by atoms with Gasteiger partial charge >= 0.3 is 11.9 Å². The number of fused-ring (bicyclic) bond motifs is 4. The Bertz CT molecular complexity index is 920. The lowest BCUT2D eigenvalue weighted by Crippen LogP contribution is -2.75. The second-order valence-corrected chi connectivity index (χ2v) is 9.02. The zero-order valence-electron chi connectivity index (χ0n) is 16.2. The number of nitrogens with one attached hydrogen (secondary N) is 1. The van der Waals surface area contributed by atoms with Gasteiger partial charge in [-0.05, 0) is 32.0 Å². The number of rotatable bonds is 1. The first-order chi connectivity index (χ1) is 13.4. The summed E-state index contributed by atoms with van der Waals surface area (Å²) in [5, 5.41) is 3.55. The molecule has 1 saturated carbocycles. The molecule has 5 aliphatic rings. The minimum absolute atomic E-state index is 0.0215. The van der Waals surface area contributed by atoms with E-state index in [-0.39, 0.29) is 42.0 Å². The van der Waals surface area contributed by atoms with E-state index in [1.54, 1.807) is 0 Å². The Morgan fingerprint density at radius 2 is 2.11 bits per heavy atom. The van der Waals surface area contributed by atoms with E-state index >= 15 is 0 Å². The van der Waals surface area contributed by atoms with E-state index in [0.29, 0.717) is 6.54 Å². The molecule has 0 radical (unpaired) electrons. The van der Waals surface area contributed by atoms with E-state index in [2.05, 4.69) is 24.2 Å². The first kappa shape index (κ1) is 16.8. The van der Waals surface area contributed by atoms with Crippen LogP contribution in [0.2, 0.25) is 0 Å². The molecule has 6 rings (SSSR count). The Morgan fingerprint density at radius 1 is 1.36 bits per heavy atom. The van der Waals surface area contributed by atoms with Crippen molar-refractivity contribution in [2.75, 3.05) is 26.0 Å². The molecule has 0 aromatic heterocycles. The molecule has 28 heavy (non-hydrogen) atoms. The maximum atomic E-state index is 13.3. The van der Waals surface area contributed by atoms with Gasteiger partial charge in [0.25, 0.3) is 0 Å². The molecule has 7 nitrogen and oxygen atoms in total. The smallest absolute Gasteiger partial charge is 0.310 e. The Balaban J connectivity index is 1.65. The van der Waals surface area contributed by atoms with Crippen LogP contribution in [0, 0.1) is 11.8 Å². The third-order valence-electron chi connectivity index (χ3n) is 8.11. The molecule has 1 N–H and O–H groups in total. The number of benzene rings is 1. The number of carbonyl (C=O) groups is 2. The van der Waals surface area contributed by atoms with Crippen molar-refractivity contribution in [1.29, 1.82) is 0 Å². The number of hydrogen-bond donors (Lipinski definition) is 1. The first-order valence-corrected chi connectivity index (χ1v) is 9.95. The standard InChI is InChI=1S/C21H24N2O5/c1-11-20(27-11)10-23(2)15-8-13(20)17(18(25)26-3)19-9-16(24)28-21(15,19)22-14-7-5-4-6-12(14)19/h4-7,11,13,15,17,22H,8-10H2,1-3H3/t11-,13-,15+,17+,19+,20+,21+/m1/s1. The van der Waals surface area contributed by atoms with E-state index in [9.17, 15) is 9.59 Å². The van der Waals surface area contributed by atoms with Gasteiger partial charge in [0.15, 0.2) is 0 Å². The van der Waals surface area contributed by atoms with Crippen LogP contribution in [-0.2, 0) is 29.2 Å². The van der Waals surface area contributed by atoms with Gasteiger partial charge in [0.1, 0.15) is 5.60 Å². The summed E-state index contributed by atoms with van der Waals surface area (Å²) in [4.78, 5) is 28.3. The molecule has 1 aromatic rings. The van der Waals surface area contributed by atoms with Gasteiger partial charge in [0.2, 0.25) is 5.72 Å². The fourth-order valence-corrected chi connectivity index (χ4v) is 7.05. The average Bonchev–Trinajstić information content (AvgIpc) is 3.05. The Labute approximate surface area is 163 Å². The van der Waals surface area contributed by atoms with Crippen LogP contribution in [0.25, 0.3) is 0 Å². The predicted octanol–water partition coefficient (Wildman–Crippen LogP) is 1.27. The van der Waals surface area contributed by atoms with Gasteiger partial charge in [-0.1, -0.05) is 18.2 Å². The average molecular weight is 384 g/mol. The predicted molar refractivity (Wildman–Crippen MR) is 98.5 cm³/mol. The first-order valence-electron chi connectivity index (χ1n) is 9.95. The number of hydrogen-bond acceptors (Lipinski definition) is 7. The monoisotopic (exact) mass is 384 g/mol. The molecule has 1 spiro atoms. The molecule has 4 aliphatic heterocycles. The molecule has 7 heteroatoms. The molecule has 1 aromatic carbocycles. The Hall–Kier alpha value is -2.12. The van der Waals surface area contributed by atoms with Gasteiger partial charge in [0.05, 0.1) is 37.0 Å². The van der Waals surface area contributed by atoms with Crippen molar-refractivity contribution < 1.29 is 23.8 Å². The molecule has 2 bridgehead atoms. The van der Waals surface area contributed by atoms with Gasteiger partial charge in [0, 0.05) is 18.2 Å². The zero-order chi connectivity index (χ0) is 19.5. The van der Waals surface area contributed by atoms with Gasteiger partial charge in [-0.15, -0.1) is 0 Å². The summed E-state index contributed by atoms with van der Waals surface area (Å²) in [6, 6.07) is 7.90. The summed E-state index contributed by atoms with van der Waals surface area (Å²) in [7, 11) is 3.49. The number of methoxy groups -OCH3 is 1. The van der Waals surface area contributed by atoms with Crippen molar-refractivity contribution in [2.24, 2.45) is 11.8 Å². The van der Waals surface area contributed by atoms with E-state index in [4.69, 9.17) is 14.2 Å². The highest BCUT2D eigenvalue weighted by molar-refractivity contribution is 5.87. The van der Waals surface area contributed by atoms with Crippen molar-refractivity contribution in [3.63, 3.8) is 0 Å². The second kappa shape index (κ2) is 4.89. The highest BCUT2D eigenvalue weighted by Gasteiger charge is 2.82. The van der Waals surface area contributed by atoms with Crippen LogP contribution in [0.1, 0.15) is 25.3 Å². The van der Waals surface area contributed by atoms with Gasteiger partial charge < -0.3 is 19.5 Å². The molecule has 7 atom stereocenters. The molecule has 3 saturated heterocycles. The van der Waals surface area contributed by atoms with Crippen LogP contribution < -0.4 is 5.32 Å². The summed E-state index contributed by atoms with van der Waals surface area (Å²) in [6.45, 7) is 2.78. The van der Waals surface area contributed by atoms with Crippen LogP contribution in [0.4, 0.5) is 5.69 Å². The van der Waals surface area contributed by atoms with E-state index in [1.807, 2.05) is 24.3 Å². The maximum absolute atomic E-state index is 13.3. The second-order valence-electron chi connectivity index (χ2n) is 9.02. The van der Waals surface area contributed by atoms with Crippen molar-refractivity contribution >= 4 is 17.6 Å². The van der Waals surface area contributed by atoms with E-state index < -0.39 is 17.1 Å². The third kappa shape index (κ3) is 1.58. The highest BCUT2D eigenvalue weighted by Crippen LogP contribution is 2.70. The van der Waals surface area contributed by atoms with Gasteiger partial charge in [-0.2, -0.15) is 0 Å². The molecular weight excluding hydrogens is 360 g/mol. The number of carbonyl (C=O) groups excluding carboxylic acids is 2. The normalized spacial score (nSPS) is 47.6. The Morgan fingerprint density at radius 3 is 2.82 bits per heavy atom.